The first-order chi connectivity index (χ1) is 10.3. The van der Waals surface area contributed by atoms with Crippen LogP contribution in [0.15, 0.2) is 42.5 Å². The van der Waals surface area contributed by atoms with Gasteiger partial charge in [-0.1, -0.05) is 42.5 Å². The quantitative estimate of drug-likeness (QED) is 0.941. The van der Waals surface area contributed by atoms with E-state index in [4.69, 9.17) is 5.73 Å². The van der Waals surface area contributed by atoms with Gasteiger partial charge in [0.15, 0.2) is 0 Å². The van der Waals surface area contributed by atoms with E-state index in [-0.39, 0.29) is 11.9 Å². The van der Waals surface area contributed by atoms with Crippen LogP contribution in [0.5, 0.6) is 0 Å². The number of nitrogens with zero attached hydrogens (tertiary/aromatic N) is 1. The number of piperidine rings is 1. The summed E-state index contributed by atoms with van der Waals surface area (Å²) in [5.74, 6) is 0.209. The number of likely N-dealkylation sites (tertiary alicyclic amines) is 1. The summed E-state index contributed by atoms with van der Waals surface area (Å²) in [5, 5.41) is 2.41. The molecule has 21 heavy (non-hydrogen) atoms. The zero-order valence-corrected chi connectivity index (χ0v) is 12.3. The summed E-state index contributed by atoms with van der Waals surface area (Å²) in [7, 11) is 0. The normalized spacial score (nSPS) is 18.9. The highest BCUT2D eigenvalue weighted by atomic mass is 16.2. The summed E-state index contributed by atoms with van der Waals surface area (Å²) in [4.78, 5) is 14.5. The van der Waals surface area contributed by atoms with E-state index in [0.29, 0.717) is 13.0 Å². The molecule has 1 aliphatic heterocycles. The zero-order chi connectivity index (χ0) is 14.7. The van der Waals surface area contributed by atoms with Crippen LogP contribution in [0.4, 0.5) is 0 Å². The number of carbonyl (C=O) groups is 1. The predicted molar refractivity (Wildman–Crippen MR) is 86.1 cm³/mol. The lowest BCUT2D eigenvalue weighted by Crippen LogP contribution is -2.48. The second-order valence-corrected chi connectivity index (χ2v) is 5.83. The molecule has 1 heterocycles. The first-order valence-electron chi connectivity index (χ1n) is 7.75. The van der Waals surface area contributed by atoms with Gasteiger partial charge in [-0.05, 0) is 35.6 Å². The molecule has 110 valence electrons. The van der Waals surface area contributed by atoms with Crippen molar-refractivity contribution in [3.63, 3.8) is 0 Å². The first kappa shape index (κ1) is 14.1. The van der Waals surface area contributed by atoms with Crippen molar-refractivity contribution in [3.8, 4) is 0 Å². The Hall–Kier alpha value is -1.87. The maximum Gasteiger partial charge on any atom is 0.227 e. The van der Waals surface area contributed by atoms with E-state index in [1.54, 1.807) is 0 Å². The average Bonchev–Trinajstić information content (AvgIpc) is 2.54. The van der Waals surface area contributed by atoms with E-state index >= 15 is 0 Å². The summed E-state index contributed by atoms with van der Waals surface area (Å²) in [5.41, 5.74) is 6.89. The van der Waals surface area contributed by atoms with Gasteiger partial charge in [-0.2, -0.15) is 0 Å². The molecule has 1 aliphatic rings. The van der Waals surface area contributed by atoms with Crippen molar-refractivity contribution in [2.24, 2.45) is 5.73 Å². The lowest BCUT2D eigenvalue weighted by molar-refractivity contribution is -0.133. The van der Waals surface area contributed by atoms with E-state index < -0.39 is 0 Å². The van der Waals surface area contributed by atoms with Crippen LogP contribution < -0.4 is 5.73 Å². The summed E-state index contributed by atoms with van der Waals surface area (Å²) in [6, 6.07) is 14.7. The third-order valence-electron chi connectivity index (χ3n) is 4.39. The van der Waals surface area contributed by atoms with Crippen LogP contribution >= 0.6 is 0 Å². The second kappa shape index (κ2) is 6.27. The molecule has 0 radical (unpaired) electrons. The Morgan fingerprint density at radius 1 is 1.14 bits per heavy atom. The molecule has 0 aromatic heterocycles. The zero-order valence-electron chi connectivity index (χ0n) is 12.3. The van der Waals surface area contributed by atoms with Crippen molar-refractivity contribution in [1.29, 1.82) is 0 Å². The van der Waals surface area contributed by atoms with Gasteiger partial charge >= 0.3 is 0 Å². The number of hydrogen-bond acceptors (Lipinski definition) is 2. The number of amides is 1. The van der Waals surface area contributed by atoms with E-state index in [2.05, 4.69) is 30.3 Å². The maximum absolute atomic E-state index is 12.5. The number of rotatable bonds is 3. The molecule has 3 nitrogen and oxygen atoms in total. The molecule has 1 unspecified atom stereocenters. The van der Waals surface area contributed by atoms with Gasteiger partial charge in [-0.15, -0.1) is 0 Å². The van der Waals surface area contributed by atoms with Crippen molar-refractivity contribution in [2.75, 3.05) is 13.1 Å². The highest BCUT2D eigenvalue weighted by Gasteiger charge is 2.25. The summed E-state index contributed by atoms with van der Waals surface area (Å²) >= 11 is 0. The average molecular weight is 282 g/mol. The van der Waals surface area contributed by atoms with Gasteiger partial charge in [-0.3, -0.25) is 4.79 Å². The Morgan fingerprint density at radius 3 is 2.76 bits per heavy atom. The largest absolute Gasteiger partial charge is 0.338 e. The minimum Gasteiger partial charge on any atom is -0.338 e. The van der Waals surface area contributed by atoms with Crippen molar-refractivity contribution < 1.29 is 4.79 Å². The minimum atomic E-state index is 0.209. The molecule has 0 saturated carbocycles. The van der Waals surface area contributed by atoms with Crippen molar-refractivity contribution in [3.05, 3.63) is 48.0 Å². The monoisotopic (exact) mass is 282 g/mol. The highest BCUT2D eigenvalue weighted by molar-refractivity contribution is 5.85. The Labute approximate surface area is 125 Å². The highest BCUT2D eigenvalue weighted by Crippen LogP contribution is 2.20. The fourth-order valence-electron chi connectivity index (χ4n) is 3.20. The van der Waals surface area contributed by atoms with Gasteiger partial charge in [0.1, 0.15) is 0 Å². The Bertz CT molecular complexity index is 638. The van der Waals surface area contributed by atoms with Crippen LogP contribution in [0, 0.1) is 0 Å². The van der Waals surface area contributed by atoms with Crippen molar-refractivity contribution >= 4 is 16.7 Å². The summed E-state index contributed by atoms with van der Waals surface area (Å²) in [6.45, 7) is 1.43. The molecule has 1 fully saturated rings. The number of benzene rings is 2. The molecule has 0 aliphatic carbocycles. The number of nitrogens with two attached hydrogens (primary N) is 1. The standard InChI is InChI=1S/C18H22N2O/c19-13-17-7-3-4-10-20(17)18(21)12-14-8-9-15-5-1-2-6-16(15)11-14/h1-2,5-6,8-9,11,17H,3-4,7,10,12-13,19H2. The van der Waals surface area contributed by atoms with Gasteiger partial charge < -0.3 is 10.6 Å². The van der Waals surface area contributed by atoms with Crippen LogP contribution in [-0.4, -0.2) is 29.9 Å². The molecular weight excluding hydrogens is 260 g/mol. The first-order valence-corrected chi connectivity index (χ1v) is 7.75. The molecule has 1 atom stereocenters. The van der Waals surface area contributed by atoms with Crippen LogP contribution in [0.25, 0.3) is 10.8 Å². The summed E-state index contributed by atoms with van der Waals surface area (Å²) < 4.78 is 0. The van der Waals surface area contributed by atoms with Crippen molar-refractivity contribution in [1.82, 2.24) is 4.90 Å². The maximum atomic E-state index is 12.5. The molecule has 0 spiro atoms. The van der Waals surface area contributed by atoms with E-state index in [1.165, 1.54) is 17.2 Å². The predicted octanol–water partition coefficient (Wildman–Crippen LogP) is 2.72. The summed E-state index contributed by atoms with van der Waals surface area (Å²) in [6.07, 6.45) is 3.79. The Balaban J connectivity index is 1.76. The topological polar surface area (TPSA) is 46.3 Å². The molecule has 3 rings (SSSR count). The van der Waals surface area contributed by atoms with E-state index in [9.17, 15) is 4.79 Å². The molecule has 0 bridgehead atoms. The minimum absolute atomic E-state index is 0.209. The lowest BCUT2D eigenvalue weighted by Gasteiger charge is -2.35. The van der Waals surface area contributed by atoms with E-state index in [1.807, 2.05) is 17.0 Å². The SMILES string of the molecule is NCC1CCCCN1C(=O)Cc1ccc2ccccc2c1. The van der Waals surface area contributed by atoms with Gasteiger partial charge in [0.2, 0.25) is 5.91 Å². The molecule has 2 aromatic carbocycles. The molecule has 1 amide bonds. The Kier molecular flexibility index (Phi) is 4.20. The fourth-order valence-corrected chi connectivity index (χ4v) is 3.20. The lowest BCUT2D eigenvalue weighted by atomic mass is 10.00. The van der Waals surface area contributed by atoms with Crippen LogP contribution in [-0.2, 0) is 11.2 Å². The molecule has 2 N–H and O–H groups in total. The Morgan fingerprint density at radius 2 is 1.95 bits per heavy atom. The molecule has 3 heteroatoms. The molecular formula is C18H22N2O. The van der Waals surface area contributed by atoms with E-state index in [0.717, 1.165) is 24.9 Å². The van der Waals surface area contributed by atoms with Gasteiger partial charge in [-0.25, -0.2) is 0 Å². The third-order valence-corrected chi connectivity index (χ3v) is 4.39. The second-order valence-electron chi connectivity index (χ2n) is 5.83. The van der Waals surface area contributed by atoms with Crippen LogP contribution in [0.2, 0.25) is 0 Å². The number of fused-ring (bicyclic) bond motifs is 1. The van der Waals surface area contributed by atoms with Crippen LogP contribution in [0.1, 0.15) is 24.8 Å². The smallest absolute Gasteiger partial charge is 0.227 e. The van der Waals surface area contributed by atoms with Gasteiger partial charge in [0.05, 0.1) is 6.42 Å². The van der Waals surface area contributed by atoms with Crippen LogP contribution in [0.3, 0.4) is 0 Å². The van der Waals surface area contributed by atoms with Gasteiger partial charge in [0.25, 0.3) is 0 Å². The number of hydrogen-bond donors (Lipinski definition) is 1. The number of carbonyl (C=O) groups excluding carboxylic acids is 1. The molecule has 1 saturated heterocycles. The van der Waals surface area contributed by atoms with Gasteiger partial charge in [0, 0.05) is 19.1 Å². The van der Waals surface area contributed by atoms with Crippen molar-refractivity contribution in [2.45, 2.75) is 31.7 Å². The fraction of sp³-hybridized carbons (Fsp3) is 0.389. The molecule has 2 aromatic rings. The third kappa shape index (κ3) is 3.08.